The van der Waals surface area contributed by atoms with Crippen LogP contribution in [0.3, 0.4) is 0 Å². The second kappa shape index (κ2) is 7.93. The molecule has 0 saturated carbocycles. The second-order valence-electron chi connectivity index (χ2n) is 7.82. The summed E-state index contributed by atoms with van der Waals surface area (Å²) in [5, 5.41) is 9.56. The Balaban J connectivity index is 1.62. The highest BCUT2D eigenvalue weighted by Gasteiger charge is 2.41. The van der Waals surface area contributed by atoms with E-state index in [0.717, 1.165) is 33.7 Å². The van der Waals surface area contributed by atoms with Gasteiger partial charge in [0.15, 0.2) is 0 Å². The highest BCUT2D eigenvalue weighted by atomic mass is 35.5. The Morgan fingerprint density at radius 3 is 2.48 bits per heavy atom. The quantitative estimate of drug-likeness (QED) is 0.349. The third-order valence-electron chi connectivity index (χ3n) is 5.90. The predicted molar refractivity (Wildman–Crippen MR) is 128 cm³/mol. The molecule has 3 aromatic carbocycles. The predicted octanol–water partition coefficient (Wildman–Crippen LogP) is 6.35. The van der Waals surface area contributed by atoms with Crippen LogP contribution < -0.4 is 10.1 Å². The Kier molecular flexibility index (Phi) is 4.89. The van der Waals surface area contributed by atoms with Crippen molar-refractivity contribution in [1.82, 2.24) is 14.8 Å². The summed E-state index contributed by atoms with van der Waals surface area (Å²) in [6.45, 7) is 0. The minimum absolute atomic E-state index is 0.287. The minimum atomic E-state index is -0.398. The van der Waals surface area contributed by atoms with Gasteiger partial charge in [0.1, 0.15) is 23.7 Å². The van der Waals surface area contributed by atoms with E-state index in [1.165, 1.54) is 23.9 Å². The highest BCUT2D eigenvalue weighted by Crippen LogP contribution is 2.50. The lowest BCUT2D eigenvalue weighted by atomic mass is 9.84. The summed E-state index contributed by atoms with van der Waals surface area (Å²) in [5.41, 5.74) is 4.71. The van der Waals surface area contributed by atoms with E-state index in [-0.39, 0.29) is 11.9 Å². The molecule has 0 unspecified atom stereocenters. The molecule has 0 aliphatic carbocycles. The molecule has 3 heterocycles. The Morgan fingerprint density at radius 2 is 1.73 bits per heavy atom. The summed E-state index contributed by atoms with van der Waals surface area (Å²) in [7, 11) is 0. The van der Waals surface area contributed by atoms with E-state index in [1.54, 1.807) is 12.1 Å². The van der Waals surface area contributed by atoms with Gasteiger partial charge in [-0.15, -0.1) is 5.10 Å². The van der Waals surface area contributed by atoms with Gasteiger partial charge < -0.3 is 10.1 Å². The summed E-state index contributed by atoms with van der Waals surface area (Å²) in [6, 6.07) is 21.8. The lowest BCUT2D eigenvalue weighted by Gasteiger charge is -2.38. The van der Waals surface area contributed by atoms with Gasteiger partial charge in [-0.1, -0.05) is 59.8 Å². The Bertz CT molecular complexity index is 1380. The lowest BCUT2D eigenvalue weighted by Crippen LogP contribution is -2.32. The van der Waals surface area contributed by atoms with Gasteiger partial charge in [0.2, 0.25) is 11.1 Å². The molecule has 0 saturated heterocycles. The third kappa shape index (κ3) is 3.39. The number of hydrogen-bond donors (Lipinski definition) is 1. The molecule has 33 heavy (non-hydrogen) atoms. The van der Waals surface area contributed by atoms with Crippen LogP contribution in [0.1, 0.15) is 28.8 Å². The molecule has 1 N–H and O–H groups in total. The van der Waals surface area contributed by atoms with E-state index < -0.39 is 6.10 Å². The Labute approximate surface area is 199 Å². The fraction of sp³-hybridized carbons (Fsp3) is 0.120. The summed E-state index contributed by atoms with van der Waals surface area (Å²) < 4.78 is 22.2. The first kappa shape index (κ1) is 20.3. The average Bonchev–Trinajstić information content (AvgIpc) is 3.26. The van der Waals surface area contributed by atoms with Crippen molar-refractivity contribution in [2.24, 2.45) is 0 Å². The smallest absolute Gasteiger partial charge is 0.227 e. The number of anilines is 1. The summed E-state index contributed by atoms with van der Waals surface area (Å²) in [4.78, 5) is 4.67. The molecule has 2 atom stereocenters. The van der Waals surface area contributed by atoms with Crippen LogP contribution in [-0.4, -0.2) is 21.0 Å². The van der Waals surface area contributed by atoms with Gasteiger partial charge in [0.05, 0.1) is 5.70 Å². The maximum absolute atomic E-state index is 13.8. The summed E-state index contributed by atoms with van der Waals surface area (Å²) in [6.07, 6.45) is 1.54. The van der Waals surface area contributed by atoms with Crippen molar-refractivity contribution in [2.75, 3.05) is 11.6 Å². The van der Waals surface area contributed by atoms with Crippen LogP contribution in [0.2, 0.25) is 5.02 Å². The van der Waals surface area contributed by atoms with E-state index in [9.17, 15) is 4.39 Å². The van der Waals surface area contributed by atoms with Crippen LogP contribution in [0.4, 0.5) is 10.3 Å². The SMILES string of the molecule is CSc1nc2n(n1)[C@H](c1ccc(F)cc1)C1=C(N2)c2ccccc2O[C@H]1c1ccc(Cl)cc1. The zero-order valence-corrected chi connectivity index (χ0v) is 19.1. The van der Waals surface area contributed by atoms with E-state index in [1.807, 2.05) is 59.5 Å². The van der Waals surface area contributed by atoms with Crippen LogP contribution in [0.25, 0.3) is 5.70 Å². The number of para-hydroxylation sites is 1. The van der Waals surface area contributed by atoms with Crippen molar-refractivity contribution < 1.29 is 9.13 Å². The second-order valence-corrected chi connectivity index (χ2v) is 9.03. The number of fused-ring (bicyclic) bond motifs is 3. The molecular weight excluding hydrogens is 459 g/mol. The molecule has 2 aliphatic rings. The zero-order chi connectivity index (χ0) is 22.5. The van der Waals surface area contributed by atoms with Crippen molar-refractivity contribution in [3.63, 3.8) is 0 Å². The van der Waals surface area contributed by atoms with Crippen molar-refractivity contribution in [2.45, 2.75) is 17.3 Å². The first-order chi connectivity index (χ1) is 16.1. The van der Waals surface area contributed by atoms with Gasteiger partial charge in [-0.05, 0) is 53.8 Å². The van der Waals surface area contributed by atoms with Crippen molar-refractivity contribution >= 4 is 35.0 Å². The van der Waals surface area contributed by atoms with E-state index in [0.29, 0.717) is 16.1 Å². The van der Waals surface area contributed by atoms with E-state index in [2.05, 4.69) is 10.3 Å². The van der Waals surface area contributed by atoms with Gasteiger partial charge in [0.25, 0.3) is 0 Å². The minimum Gasteiger partial charge on any atom is -0.480 e. The first-order valence-corrected chi connectivity index (χ1v) is 12.0. The van der Waals surface area contributed by atoms with Gasteiger partial charge >= 0.3 is 0 Å². The molecule has 0 radical (unpaired) electrons. The lowest BCUT2D eigenvalue weighted by molar-refractivity contribution is 0.223. The molecular formula is C25H18ClFN4OS. The van der Waals surface area contributed by atoms with Crippen molar-refractivity contribution in [1.29, 1.82) is 0 Å². The van der Waals surface area contributed by atoms with Crippen LogP contribution in [0, 0.1) is 5.82 Å². The molecule has 4 aromatic rings. The number of aromatic nitrogens is 3. The first-order valence-electron chi connectivity index (χ1n) is 10.4. The molecule has 6 rings (SSSR count). The molecule has 0 fully saturated rings. The van der Waals surface area contributed by atoms with Crippen LogP contribution in [-0.2, 0) is 0 Å². The van der Waals surface area contributed by atoms with Crippen LogP contribution >= 0.6 is 23.4 Å². The Morgan fingerprint density at radius 1 is 1.00 bits per heavy atom. The normalized spacial score (nSPS) is 18.6. The fourth-order valence-corrected chi connectivity index (χ4v) is 4.90. The van der Waals surface area contributed by atoms with Gasteiger partial charge in [-0.3, -0.25) is 0 Å². The average molecular weight is 477 g/mol. The molecule has 2 aliphatic heterocycles. The van der Waals surface area contributed by atoms with Gasteiger partial charge in [0, 0.05) is 16.2 Å². The molecule has 0 spiro atoms. The summed E-state index contributed by atoms with van der Waals surface area (Å²) >= 11 is 7.64. The zero-order valence-electron chi connectivity index (χ0n) is 17.5. The Hall–Kier alpha value is -3.29. The molecule has 164 valence electrons. The largest absolute Gasteiger partial charge is 0.480 e. The number of ether oxygens (including phenoxy) is 1. The number of thioether (sulfide) groups is 1. The van der Waals surface area contributed by atoms with Gasteiger partial charge in [-0.2, -0.15) is 4.98 Å². The number of benzene rings is 3. The van der Waals surface area contributed by atoms with Crippen LogP contribution in [0.15, 0.2) is 83.5 Å². The standard InChI is InChI=1S/C25H18ClFN4OS/c1-33-25-29-24-28-21-18-4-2-3-5-19(18)32-23(15-6-10-16(26)11-7-15)20(21)22(31(24)30-25)14-8-12-17(27)13-9-14/h2-13,22-23H,1H3,(H,28,29,30)/t22-,23+/m1/s1. The van der Waals surface area contributed by atoms with Crippen LogP contribution in [0.5, 0.6) is 5.75 Å². The number of halogens is 2. The number of rotatable bonds is 3. The maximum atomic E-state index is 13.8. The monoisotopic (exact) mass is 476 g/mol. The number of hydrogen-bond acceptors (Lipinski definition) is 5. The topological polar surface area (TPSA) is 52.0 Å². The van der Waals surface area contributed by atoms with Crippen molar-refractivity contribution in [3.8, 4) is 5.75 Å². The fourth-order valence-electron chi connectivity index (χ4n) is 4.42. The molecule has 1 aromatic heterocycles. The van der Waals surface area contributed by atoms with Gasteiger partial charge in [-0.25, -0.2) is 9.07 Å². The maximum Gasteiger partial charge on any atom is 0.227 e. The van der Waals surface area contributed by atoms with E-state index >= 15 is 0 Å². The number of nitrogens with one attached hydrogen (secondary N) is 1. The van der Waals surface area contributed by atoms with E-state index in [4.69, 9.17) is 21.4 Å². The summed E-state index contributed by atoms with van der Waals surface area (Å²) in [5.74, 6) is 1.13. The third-order valence-corrected chi connectivity index (χ3v) is 6.69. The molecule has 5 nitrogen and oxygen atoms in total. The number of nitrogens with zero attached hydrogens (tertiary/aromatic N) is 3. The highest BCUT2D eigenvalue weighted by molar-refractivity contribution is 7.98. The molecule has 0 amide bonds. The molecule has 8 heteroatoms. The molecule has 0 bridgehead atoms. The van der Waals surface area contributed by atoms with Crippen molar-refractivity contribution in [3.05, 3.63) is 106 Å².